The minimum absolute atomic E-state index is 0.189. The highest BCUT2D eigenvalue weighted by Gasteiger charge is 2.07. The summed E-state index contributed by atoms with van der Waals surface area (Å²) < 4.78 is 14.8. The third-order valence-corrected chi connectivity index (χ3v) is 3.52. The van der Waals surface area contributed by atoms with Crippen molar-refractivity contribution in [2.24, 2.45) is 0 Å². The van der Waals surface area contributed by atoms with Gasteiger partial charge in [-0.1, -0.05) is 6.07 Å². The van der Waals surface area contributed by atoms with Gasteiger partial charge < -0.3 is 5.73 Å². The van der Waals surface area contributed by atoms with Crippen molar-refractivity contribution in [3.05, 3.63) is 56.4 Å². The van der Waals surface area contributed by atoms with Crippen LogP contribution in [0.1, 0.15) is 11.3 Å². The highest BCUT2D eigenvalue weighted by Crippen LogP contribution is 2.15. The van der Waals surface area contributed by atoms with Crippen molar-refractivity contribution in [3.8, 4) is 0 Å². The predicted octanol–water partition coefficient (Wildman–Crippen LogP) is 2.08. The lowest BCUT2D eigenvalue weighted by Crippen LogP contribution is -2.23. The molecule has 2 rings (SSSR count). The first-order valence-corrected chi connectivity index (χ1v) is 6.04. The normalized spacial score (nSPS) is 10.6. The fraction of sp³-hybridized carbons (Fsp3) is 0.167. The number of benzene rings is 1. The van der Waals surface area contributed by atoms with E-state index in [0.717, 1.165) is 0 Å². The zero-order chi connectivity index (χ0) is 13.3. The molecule has 94 valence electrons. The third-order valence-electron chi connectivity index (χ3n) is 2.61. The van der Waals surface area contributed by atoms with Gasteiger partial charge in [-0.3, -0.25) is 9.36 Å². The molecule has 1 aromatic carbocycles. The molecule has 0 amide bonds. The molecule has 0 unspecified atom stereocenters. The van der Waals surface area contributed by atoms with E-state index in [0.29, 0.717) is 21.4 Å². The van der Waals surface area contributed by atoms with Crippen LogP contribution in [0, 0.1) is 12.7 Å². The molecule has 0 saturated heterocycles. The van der Waals surface area contributed by atoms with E-state index in [4.69, 9.17) is 5.73 Å². The number of hydrogen-bond acceptors (Lipinski definition) is 3. The van der Waals surface area contributed by atoms with E-state index in [1.165, 1.54) is 23.0 Å². The van der Waals surface area contributed by atoms with Crippen LogP contribution in [0.3, 0.4) is 0 Å². The lowest BCUT2D eigenvalue weighted by atomic mass is 10.2. The number of aromatic nitrogens is 2. The van der Waals surface area contributed by atoms with Crippen LogP contribution < -0.4 is 11.3 Å². The van der Waals surface area contributed by atoms with Crippen molar-refractivity contribution in [1.82, 2.24) is 9.55 Å². The van der Waals surface area contributed by atoms with Crippen LogP contribution in [0.5, 0.6) is 0 Å². The van der Waals surface area contributed by atoms with E-state index >= 15 is 0 Å². The van der Waals surface area contributed by atoms with Crippen molar-refractivity contribution in [1.29, 1.82) is 0 Å². The molecule has 2 N–H and O–H groups in total. The summed E-state index contributed by atoms with van der Waals surface area (Å²) in [7, 11) is 0. The topological polar surface area (TPSA) is 60.9 Å². The molecule has 18 heavy (non-hydrogen) atoms. The summed E-state index contributed by atoms with van der Waals surface area (Å²) >= 11 is 3.19. The summed E-state index contributed by atoms with van der Waals surface area (Å²) in [5.74, 6) is -0.396. The Hall–Kier alpha value is -1.69. The first-order valence-electron chi connectivity index (χ1n) is 5.24. The number of halogens is 2. The third kappa shape index (κ3) is 2.43. The summed E-state index contributed by atoms with van der Waals surface area (Å²) in [6.45, 7) is 2.00. The van der Waals surface area contributed by atoms with E-state index in [2.05, 4.69) is 20.9 Å². The number of nitrogen functional groups attached to an aromatic ring is 1. The minimum Gasteiger partial charge on any atom is -0.398 e. The fourth-order valence-electron chi connectivity index (χ4n) is 1.55. The van der Waals surface area contributed by atoms with Gasteiger partial charge in [0.05, 0.1) is 18.6 Å². The Balaban J connectivity index is 2.41. The number of nitrogens with zero attached hydrogens (tertiary/aromatic N) is 2. The second-order valence-corrected chi connectivity index (χ2v) is 4.71. The van der Waals surface area contributed by atoms with Gasteiger partial charge in [-0.15, -0.1) is 0 Å². The molecule has 1 aromatic heterocycles. The van der Waals surface area contributed by atoms with Crippen LogP contribution >= 0.6 is 15.9 Å². The van der Waals surface area contributed by atoms with Crippen LogP contribution in [0.2, 0.25) is 0 Å². The summed E-state index contributed by atoms with van der Waals surface area (Å²) in [5.41, 5.74) is 7.13. The highest BCUT2D eigenvalue weighted by atomic mass is 79.9. The van der Waals surface area contributed by atoms with E-state index < -0.39 is 5.82 Å². The lowest BCUT2D eigenvalue weighted by molar-refractivity contribution is 0.626. The molecule has 0 bridgehead atoms. The number of aryl methyl sites for hydroxylation is 1. The molecule has 0 atom stereocenters. The number of hydrogen-bond donors (Lipinski definition) is 1. The minimum atomic E-state index is -0.396. The Morgan fingerprint density at radius 1 is 1.50 bits per heavy atom. The Kier molecular flexibility index (Phi) is 3.47. The smallest absolute Gasteiger partial charge is 0.268 e. The van der Waals surface area contributed by atoms with Crippen LogP contribution in [0.25, 0.3) is 0 Å². The molecule has 0 saturated carbocycles. The van der Waals surface area contributed by atoms with Gasteiger partial charge in [-0.05, 0) is 40.5 Å². The molecule has 0 aliphatic rings. The first kappa shape index (κ1) is 12.8. The number of rotatable bonds is 2. The van der Waals surface area contributed by atoms with E-state index in [1.807, 2.05) is 0 Å². The number of nitrogens with two attached hydrogens (primary N) is 1. The molecule has 0 aliphatic carbocycles. The van der Waals surface area contributed by atoms with Crippen molar-refractivity contribution in [2.45, 2.75) is 13.5 Å². The van der Waals surface area contributed by atoms with Gasteiger partial charge in [-0.25, -0.2) is 9.37 Å². The van der Waals surface area contributed by atoms with Crippen LogP contribution in [-0.2, 0) is 6.54 Å². The van der Waals surface area contributed by atoms with Gasteiger partial charge in [0.25, 0.3) is 5.56 Å². The predicted molar refractivity (Wildman–Crippen MR) is 70.8 cm³/mol. The zero-order valence-electron chi connectivity index (χ0n) is 9.65. The second-order valence-electron chi connectivity index (χ2n) is 3.92. The average Bonchev–Trinajstić information content (AvgIpc) is 2.33. The molecular weight excluding hydrogens is 301 g/mol. The van der Waals surface area contributed by atoms with Crippen molar-refractivity contribution >= 4 is 21.6 Å². The molecule has 4 nitrogen and oxygen atoms in total. The van der Waals surface area contributed by atoms with Crippen molar-refractivity contribution < 1.29 is 4.39 Å². The monoisotopic (exact) mass is 311 g/mol. The first-order chi connectivity index (χ1) is 8.49. The van der Waals surface area contributed by atoms with Gasteiger partial charge in [-0.2, -0.15) is 0 Å². The second kappa shape index (κ2) is 4.89. The molecule has 0 spiro atoms. The highest BCUT2D eigenvalue weighted by molar-refractivity contribution is 9.10. The van der Waals surface area contributed by atoms with Crippen LogP contribution in [0.4, 0.5) is 10.1 Å². The molecule has 0 fully saturated rings. The van der Waals surface area contributed by atoms with Crippen molar-refractivity contribution in [2.75, 3.05) is 5.73 Å². The van der Waals surface area contributed by atoms with Crippen LogP contribution in [0.15, 0.2) is 33.8 Å². The maximum Gasteiger partial charge on any atom is 0.268 e. The molecule has 6 heteroatoms. The molecule has 2 aromatic rings. The largest absolute Gasteiger partial charge is 0.398 e. The van der Waals surface area contributed by atoms with Gasteiger partial charge >= 0.3 is 0 Å². The summed E-state index contributed by atoms with van der Waals surface area (Å²) in [6, 6.07) is 4.11. The summed E-state index contributed by atoms with van der Waals surface area (Å²) in [5, 5.41) is 0. The Morgan fingerprint density at radius 2 is 2.22 bits per heavy atom. The van der Waals surface area contributed by atoms with Crippen molar-refractivity contribution in [3.63, 3.8) is 0 Å². The Bertz CT molecular complexity index is 654. The zero-order valence-corrected chi connectivity index (χ0v) is 11.2. The Morgan fingerprint density at radius 3 is 2.89 bits per heavy atom. The standard InChI is InChI=1S/C12H11BrFN3O/c1-7-11(13)12(18)17(6-16-7)5-8-2-3-9(14)4-10(8)15/h2-4,6H,5,15H2,1H3. The maximum atomic E-state index is 12.9. The molecular formula is C12H11BrFN3O. The van der Waals surface area contributed by atoms with E-state index in [9.17, 15) is 9.18 Å². The summed E-state index contributed by atoms with van der Waals surface area (Å²) in [4.78, 5) is 16.0. The Labute approximate surface area is 111 Å². The maximum absolute atomic E-state index is 12.9. The average molecular weight is 312 g/mol. The van der Waals surface area contributed by atoms with Gasteiger partial charge in [0.15, 0.2) is 0 Å². The quantitative estimate of drug-likeness (QED) is 0.864. The van der Waals surface area contributed by atoms with Gasteiger partial charge in [0.2, 0.25) is 0 Å². The lowest BCUT2D eigenvalue weighted by Gasteiger charge is -2.09. The number of anilines is 1. The van der Waals surface area contributed by atoms with Gasteiger partial charge in [0, 0.05) is 5.69 Å². The summed E-state index contributed by atoms with van der Waals surface area (Å²) in [6.07, 6.45) is 1.45. The van der Waals surface area contributed by atoms with Gasteiger partial charge in [0.1, 0.15) is 10.3 Å². The molecule has 0 radical (unpaired) electrons. The SMILES string of the molecule is Cc1ncn(Cc2ccc(F)cc2N)c(=O)c1Br. The van der Waals surface area contributed by atoms with E-state index in [1.54, 1.807) is 13.0 Å². The van der Waals surface area contributed by atoms with E-state index in [-0.39, 0.29) is 12.1 Å². The van der Waals surface area contributed by atoms with Crippen LogP contribution in [-0.4, -0.2) is 9.55 Å². The molecule has 0 aliphatic heterocycles. The molecule has 1 heterocycles. The fourth-order valence-corrected chi connectivity index (χ4v) is 1.88.